The molecule has 0 radical (unpaired) electrons. The van der Waals surface area contributed by atoms with E-state index in [4.69, 9.17) is 4.74 Å². The van der Waals surface area contributed by atoms with Crippen LogP contribution in [0.5, 0.6) is 5.88 Å². The number of rotatable bonds is 3. The second kappa shape index (κ2) is 3.90. The number of ether oxygens (including phenoxy) is 1. The van der Waals surface area contributed by atoms with Crippen molar-refractivity contribution < 1.29 is 9.84 Å². The number of nitrogens with one attached hydrogen (secondary N) is 1. The Hall–Kier alpha value is -1.36. The first-order chi connectivity index (χ1) is 7.46. The minimum atomic E-state index is -0.849. The summed E-state index contributed by atoms with van der Waals surface area (Å²) in [5.41, 5.74) is 0.160. The summed E-state index contributed by atoms with van der Waals surface area (Å²) < 4.78 is 5.55. The van der Waals surface area contributed by atoms with Gasteiger partial charge in [0.25, 0.3) is 0 Å². The largest absolute Gasteiger partial charge is 0.474 e. The normalized spacial score (nSPS) is 14.5. The number of aromatic nitrogens is 2. The summed E-state index contributed by atoms with van der Waals surface area (Å²) in [4.78, 5) is 8.56. The molecule has 5 heteroatoms. The third kappa shape index (κ3) is 2.41. The predicted octanol–water partition coefficient (Wildman–Crippen LogP) is 0.903. The molecular weight excluding hydrogens is 206 g/mol. The molecule has 0 saturated heterocycles. The lowest BCUT2D eigenvalue weighted by Crippen LogP contribution is -2.28. The molecule has 2 heterocycles. The molecule has 0 spiro atoms. The Kier molecular flexibility index (Phi) is 2.71. The molecule has 88 valence electrons. The third-order valence-electron chi connectivity index (χ3n) is 2.31. The fourth-order valence-electron chi connectivity index (χ4n) is 1.61. The van der Waals surface area contributed by atoms with Gasteiger partial charge in [0.2, 0.25) is 5.88 Å². The number of nitrogens with zero attached hydrogens (tertiary/aromatic N) is 2. The van der Waals surface area contributed by atoms with E-state index < -0.39 is 5.60 Å². The van der Waals surface area contributed by atoms with Gasteiger partial charge in [-0.25, -0.2) is 4.98 Å². The van der Waals surface area contributed by atoms with E-state index >= 15 is 0 Å². The molecule has 16 heavy (non-hydrogen) atoms. The Bertz CT molecular complexity index is 399. The lowest BCUT2D eigenvalue weighted by molar-refractivity contribution is 0.0264. The lowest BCUT2D eigenvalue weighted by atomic mass is 10.2. The van der Waals surface area contributed by atoms with Crippen molar-refractivity contribution in [1.82, 2.24) is 9.97 Å². The van der Waals surface area contributed by atoms with Crippen LogP contribution in [-0.4, -0.2) is 33.8 Å². The number of hydrogen-bond donors (Lipinski definition) is 2. The molecule has 0 saturated carbocycles. The van der Waals surface area contributed by atoms with Gasteiger partial charge >= 0.3 is 0 Å². The van der Waals surface area contributed by atoms with Gasteiger partial charge < -0.3 is 15.2 Å². The van der Waals surface area contributed by atoms with E-state index in [2.05, 4.69) is 15.3 Å². The number of hydrogen-bond acceptors (Lipinski definition) is 5. The van der Waals surface area contributed by atoms with E-state index in [0.29, 0.717) is 11.7 Å². The van der Waals surface area contributed by atoms with Gasteiger partial charge in [-0.15, -0.1) is 0 Å². The average molecular weight is 223 g/mol. The summed E-state index contributed by atoms with van der Waals surface area (Å²) in [6.45, 7) is 6.35. The Morgan fingerprint density at radius 1 is 1.44 bits per heavy atom. The van der Waals surface area contributed by atoms with Gasteiger partial charge in [-0.2, -0.15) is 4.98 Å². The van der Waals surface area contributed by atoms with Crippen molar-refractivity contribution in [2.24, 2.45) is 0 Å². The lowest BCUT2D eigenvalue weighted by Gasteiger charge is -2.18. The minimum absolute atomic E-state index is 0.232. The molecule has 0 unspecified atom stereocenters. The van der Waals surface area contributed by atoms with Gasteiger partial charge in [0.1, 0.15) is 18.2 Å². The fourth-order valence-corrected chi connectivity index (χ4v) is 1.61. The zero-order valence-electron chi connectivity index (χ0n) is 9.87. The molecule has 0 bridgehead atoms. The average Bonchev–Trinajstić information content (AvgIpc) is 2.60. The van der Waals surface area contributed by atoms with E-state index in [-0.39, 0.29) is 6.61 Å². The van der Waals surface area contributed by atoms with E-state index in [1.165, 1.54) is 0 Å². The smallest absolute Gasteiger partial charge is 0.222 e. The molecule has 2 N–H and O–H groups in total. The van der Waals surface area contributed by atoms with Crippen LogP contribution in [0, 0.1) is 6.92 Å². The molecule has 1 aliphatic heterocycles. The SMILES string of the molecule is Cc1nc2c(c(OCC(C)(C)O)n1)CCN2. The first-order valence-electron chi connectivity index (χ1n) is 5.42. The molecule has 5 nitrogen and oxygen atoms in total. The van der Waals surface area contributed by atoms with Crippen LogP contribution in [0.4, 0.5) is 5.82 Å². The van der Waals surface area contributed by atoms with Crippen LogP contribution in [-0.2, 0) is 6.42 Å². The zero-order chi connectivity index (χ0) is 11.8. The highest BCUT2D eigenvalue weighted by molar-refractivity contribution is 5.53. The first-order valence-corrected chi connectivity index (χ1v) is 5.42. The summed E-state index contributed by atoms with van der Waals surface area (Å²) in [6, 6.07) is 0. The van der Waals surface area contributed by atoms with Gasteiger partial charge in [0.05, 0.1) is 11.2 Å². The molecule has 0 atom stereocenters. The molecule has 0 aliphatic carbocycles. The number of aliphatic hydroxyl groups is 1. The van der Waals surface area contributed by atoms with Crippen molar-refractivity contribution in [3.8, 4) is 5.88 Å². The molecule has 0 fully saturated rings. The maximum atomic E-state index is 9.61. The highest BCUT2D eigenvalue weighted by Gasteiger charge is 2.21. The molecule has 1 aromatic rings. The third-order valence-corrected chi connectivity index (χ3v) is 2.31. The quantitative estimate of drug-likeness (QED) is 0.797. The summed E-state index contributed by atoms with van der Waals surface area (Å²) in [7, 11) is 0. The number of fused-ring (bicyclic) bond motifs is 1. The summed E-state index contributed by atoms with van der Waals surface area (Å²) in [5.74, 6) is 2.13. The van der Waals surface area contributed by atoms with Crippen LogP contribution in [0.25, 0.3) is 0 Å². The highest BCUT2D eigenvalue weighted by Crippen LogP contribution is 2.28. The molecule has 0 amide bonds. The van der Waals surface area contributed by atoms with Crippen LogP contribution >= 0.6 is 0 Å². The van der Waals surface area contributed by atoms with Crippen molar-refractivity contribution in [2.75, 3.05) is 18.5 Å². The second-order valence-electron chi connectivity index (χ2n) is 4.68. The van der Waals surface area contributed by atoms with Gasteiger partial charge in [-0.05, 0) is 27.2 Å². The van der Waals surface area contributed by atoms with Crippen LogP contribution < -0.4 is 10.1 Å². The standard InChI is InChI=1S/C11H17N3O2/c1-7-13-9-8(4-5-12-9)10(14-7)16-6-11(2,3)15/h15H,4-6H2,1-3H3,(H,12,13,14). The van der Waals surface area contributed by atoms with Crippen LogP contribution in [0.15, 0.2) is 0 Å². The van der Waals surface area contributed by atoms with Crippen molar-refractivity contribution in [3.05, 3.63) is 11.4 Å². The van der Waals surface area contributed by atoms with Gasteiger partial charge in [-0.1, -0.05) is 0 Å². The highest BCUT2D eigenvalue weighted by atomic mass is 16.5. The Balaban J connectivity index is 2.21. The van der Waals surface area contributed by atoms with Crippen molar-refractivity contribution >= 4 is 5.82 Å². The molecule has 0 aromatic carbocycles. The molecular formula is C11H17N3O2. The summed E-state index contributed by atoms with van der Waals surface area (Å²) >= 11 is 0. The second-order valence-corrected chi connectivity index (χ2v) is 4.68. The minimum Gasteiger partial charge on any atom is -0.474 e. The van der Waals surface area contributed by atoms with Crippen molar-refractivity contribution in [1.29, 1.82) is 0 Å². The molecule has 1 aromatic heterocycles. The van der Waals surface area contributed by atoms with Crippen molar-refractivity contribution in [2.45, 2.75) is 32.8 Å². The van der Waals surface area contributed by atoms with E-state index in [9.17, 15) is 5.11 Å². The number of aryl methyl sites for hydroxylation is 1. The van der Waals surface area contributed by atoms with Crippen LogP contribution in [0.3, 0.4) is 0 Å². The maximum Gasteiger partial charge on any atom is 0.222 e. The monoisotopic (exact) mass is 223 g/mol. The fraction of sp³-hybridized carbons (Fsp3) is 0.636. The zero-order valence-corrected chi connectivity index (χ0v) is 9.87. The molecule has 2 rings (SSSR count). The Labute approximate surface area is 94.9 Å². The maximum absolute atomic E-state index is 9.61. The topological polar surface area (TPSA) is 67.3 Å². The number of anilines is 1. The van der Waals surface area contributed by atoms with Gasteiger partial charge in [-0.3, -0.25) is 0 Å². The van der Waals surface area contributed by atoms with E-state index in [1.54, 1.807) is 13.8 Å². The summed E-state index contributed by atoms with van der Waals surface area (Å²) in [5, 5.41) is 12.8. The predicted molar refractivity (Wildman–Crippen MR) is 60.8 cm³/mol. The summed E-state index contributed by atoms with van der Waals surface area (Å²) in [6.07, 6.45) is 0.872. The van der Waals surface area contributed by atoms with Crippen LogP contribution in [0.1, 0.15) is 25.2 Å². The Morgan fingerprint density at radius 3 is 2.88 bits per heavy atom. The van der Waals surface area contributed by atoms with E-state index in [1.807, 2.05) is 6.92 Å². The first kappa shape index (κ1) is 11.1. The van der Waals surface area contributed by atoms with Gasteiger partial charge in [0.15, 0.2) is 0 Å². The Morgan fingerprint density at radius 2 is 2.19 bits per heavy atom. The van der Waals surface area contributed by atoms with E-state index in [0.717, 1.165) is 24.3 Å². The van der Waals surface area contributed by atoms with Gasteiger partial charge in [0, 0.05) is 6.54 Å². The van der Waals surface area contributed by atoms with Crippen molar-refractivity contribution in [3.63, 3.8) is 0 Å². The molecule has 1 aliphatic rings. The van der Waals surface area contributed by atoms with Crippen LogP contribution in [0.2, 0.25) is 0 Å².